The van der Waals surface area contributed by atoms with Crippen LogP contribution in [0, 0.1) is 0 Å². The van der Waals surface area contributed by atoms with Crippen molar-refractivity contribution in [3.05, 3.63) is 65.1 Å². The van der Waals surface area contributed by atoms with E-state index in [4.69, 9.17) is 4.74 Å². The van der Waals surface area contributed by atoms with Crippen LogP contribution in [0.2, 0.25) is 0 Å². The molecule has 1 fully saturated rings. The van der Waals surface area contributed by atoms with Crippen molar-refractivity contribution in [1.82, 2.24) is 24.8 Å². The van der Waals surface area contributed by atoms with E-state index in [0.29, 0.717) is 37.3 Å². The van der Waals surface area contributed by atoms with Crippen molar-refractivity contribution in [2.45, 2.75) is 38.5 Å². The highest BCUT2D eigenvalue weighted by Gasteiger charge is 2.36. The highest BCUT2D eigenvalue weighted by atomic mass is 19.4. The molecular weight excluding hydrogens is 451 g/mol. The Morgan fingerprint density at radius 1 is 1.21 bits per heavy atom. The number of fused-ring (bicyclic) bond motifs is 1. The highest BCUT2D eigenvalue weighted by Crippen LogP contribution is 2.32. The molecule has 0 unspecified atom stereocenters. The summed E-state index contributed by atoms with van der Waals surface area (Å²) in [7, 11) is 0. The van der Waals surface area contributed by atoms with Gasteiger partial charge in [-0.2, -0.15) is 18.3 Å². The number of hydrogen-bond acceptors (Lipinski definition) is 5. The maximum absolute atomic E-state index is 13.5. The molecule has 1 saturated heterocycles. The third-order valence-corrected chi connectivity index (χ3v) is 5.71. The Hall–Kier alpha value is -3.63. The second kappa shape index (κ2) is 9.70. The number of halogens is 3. The van der Waals surface area contributed by atoms with Gasteiger partial charge in [-0.05, 0) is 24.5 Å². The summed E-state index contributed by atoms with van der Waals surface area (Å²) >= 11 is 0. The molecule has 0 aliphatic carbocycles. The van der Waals surface area contributed by atoms with E-state index in [1.54, 1.807) is 17.9 Å². The van der Waals surface area contributed by atoms with E-state index in [1.165, 1.54) is 0 Å². The SMILES string of the molecule is CCc1cc(C(F)(F)F)n2nc([C@H]3CCN(C(=O)CNC(=O)OCc4ccccc4)C3)cc2n1. The molecule has 1 aliphatic rings. The van der Waals surface area contributed by atoms with E-state index in [-0.39, 0.29) is 30.6 Å². The van der Waals surface area contributed by atoms with Gasteiger partial charge in [-0.1, -0.05) is 37.3 Å². The van der Waals surface area contributed by atoms with Crippen molar-refractivity contribution in [3.63, 3.8) is 0 Å². The zero-order chi connectivity index (χ0) is 24.3. The third kappa shape index (κ3) is 5.29. The molecule has 34 heavy (non-hydrogen) atoms. The largest absolute Gasteiger partial charge is 0.445 e. The van der Waals surface area contributed by atoms with Gasteiger partial charge in [0.05, 0.1) is 5.69 Å². The zero-order valence-corrected chi connectivity index (χ0v) is 18.5. The second-order valence-corrected chi connectivity index (χ2v) is 8.06. The van der Waals surface area contributed by atoms with Gasteiger partial charge in [-0.15, -0.1) is 0 Å². The Kier molecular flexibility index (Phi) is 6.71. The monoisotopic (exact) mass is 475 g/mol. The number of alkyl carbamates (subject to hydrolysis) is 1. The van der Waals surface area contributed by atoms with Crippen LogP contribution in [0.25, 0.3) is 5.65 Å². The van der Waals surface area contributed by atoms with Crippen LogP contribution in [0.4, 0.5) is 18.0 Å². The molecule has 4 rings (SSSR count). The fourth-order valence-corrected chi connectivity index (χ4v) is 3.89. The molecule has 11 heteroatoms. The number of nitrogens with zero attached hydrogens (tertiary/aromatic N) is 4. The first kappa shape index (κ1) is 23.5. The van der Waals surface area contributed by atoms with Crippen LogP contribution in [-0.2, 0) is 28.7 Å². The Bertz CT molecular complexity index is 1180. The summed E-state index contributed by atoms with van der Waals surface area (Å²) in [6, 6.07) is 11.7. The molecule has 3 aromatic rings. The smallest absolute Gasteiger partial charge is 0.433 e. The van der Waals surface area contributed by atoms with Crippen molar-refractivity contribution in [3.8, 4) is 0 Å². The first-order chi connectivity index (χ1) is 16.2. The predicted molar refractivity (Wildman–Crippen MR) is 116 cm³/mol. The number of aryl methyl sites for hydroxylation is 1. The number of carbonyl (C=O) groups excluding carboxylic acids is 2. The molecule has 1 aromatic carbocycles. The summed E-state index contributed by atoms with van der Waals surface area (Å²) in [5.41, 5.74) is 0.878. The van der Waals surface area contributed by atoms with Crippen LogP contribution in [0.3, 0.4) is 0 Å². The first-order valence-corrected chi connectivity index (χ1v) is 10.9. The molecule has 1 aliphatic heterocycles. The summed E-state index contributed by atoms with van der Waals surface area (Å²) in [6.45, 7) is 2.31. The maximum atomic E-state index is 13.5. The van der Waals surface area contributed by atoms with Gasteiger partial charge in [0.25, 0.3) is 0 Å². The van der Waals surface area contributed by atoms with E-state index in [1.807, 2.05) is 30.3 Å². The van der Waals surface area contributed by atoms with E-state index in [0.717, 1.165) is 16.1 Å². The number of likely N-dealkylation sites (tertiary alicyclic amines) is 1. The van der Waals surface area contributed by atoms with Gasteiger partial charge in [-0.25, -0.2) is 14.3 Å². The topological polar surface area (TPSA) is 88.8 Å². The van der Waals surface area contributed by atoms with Crippen molar-refractivity contribution in [1.29, 1.82) is 0 Å². The van der Waals surface area contributed by atoms with Crippen molar-refractivity contribution < 1.29 is 27.5 Å². The van der Waals surface area contributed by atoms with Gasteiger partial charge in [0.15, 0.2) is 5.65 Å². The Morgan fingerprint density at radius 2 is 1.97 bits per heavy atom. The average molecular weight is 475 g/mol. The molecule has 2 amide bonds. The Labute approximate surface area is 193 Å². The molecule has 2 aromatic heterocycles. The summed E-state index contributed by atoms with van der Waals surface area (Å²) in [6.07, 6.45) is -4.35. The summed E-state index contributed by atoms with van der Waals surface area (Å²) in [5.74, 6) is -0.521. The van der Waals surface area contributed by atoms with Crippen molar-refractivity contribution in [2.24, 2.45) is 0 Å². The molecule has 1 N–H and O–H groups in total. The van der Waals surface area contributed by atoms with Crippen molar-refractivity contribution in [2.75, 3.05) is 19.6 Å². The van der Waals surface area contributed by atoms with Gasteiger partial charge in [0, 0.05) is 30.8 Å². The number of ether oxygens (including phenoxy) is 1. The summed E-state index contributed by atoms with van der Waals surface area (Å²) in [5, 5.41) is 6.60. The number of nitrogens with one attached hydrogen (secondary N) is 1. The minimum atomic E-state index is -4.56. The lowest BCUT2D eigenvalue weighted by molar-refractivity contribution is -0.142. The van der Waals surface area contributed by atoms with Gasteiger partial charge in [0.1, 0.15) is 18.8 Å². The van der Waals surface area contributed by atoms with E-state index in [2.05, 4.69) is 15.4 Å². The van der Waals surface area contributed by atoms with Crippen LogP contribution >= 0.6 is 0 Å². The molecule has 0 bridgehead atoms. The first-order valence-electron chi connectivity index (χ1n) is 10.9. The quantitative estimate of drug-likeness (QED) is 0.589. The molecule has 1 atom stereocenters. The third-order valence-electron chi connectivity index (χ3n) is 5.71. The fourth-order valence-electron chi connectivity index (χ4n) is 3.89. The summed E-state index contributed by atoms with van der Waals surface area (Å²) in [4.78, 5) is 30.2. The standard InChI is InChI=1S/C23H24F3N5O3/c1-2-17-10-19(23(24,25)26)31-20(28-17)11-18(29-31)16-8-9-30(13-16)21(32)12-27-22(33)34-14-15-6-4-3-5-7-15/h3-7,10-11,16H,2,8-9,12-14H2,1H3,(H,27,33)/t16-/m0/s1. The Morgan fingerprint density at radius 3 is 2.68 bits per heavy atom. The molecule has 3 heterocycles. The predicted octanol–water partition coefficient (Wildman–Crippen LogP) is 3.55. The van der Waals surface area contributed by atoms with Crippen molar-refractivity contribution >= 4 is 17.6 Å². The lowest BCUT2D eigenvalue weighted by Gasteiger charge is -2.16. The maximum Gasteiger partial charge on any atom is 0.433 e. The number of rotatable bonds is 6. The molecule has 8 nitrogen and oxygen atoms in total. The van der Waals surface area contributed by atoms with Gasteiger partial charge >= 0.3 is 12.3 Å². The van der Waals surface area contributed by atoms with Crippen LogP contribution < -0.4 is 5.32 Å². The molecule has 0 radical (unpaired) electrons. The number of aromatic nitrogens is 3. The van der Waals surface area contributed by atoms with Crippen LogP contribution in [0.5, 0.6) is 0 Å². The molecule has 180 valence electrons. The minimum Gasteiger partial charge on any atom is -0.445 e. The number of alkyl halides is 3. The van der Waals surface area contributed by atoms with Gasteiger partial charge in [-0.3, -0.25) is 4.79 Å². The molecular formula is C23H24F3N5O3. The lowest BCUT2D eigenvalue weighted by atomic mass is 10.1. The molecule has 0 spiro atoms. The van der Waals surface area contributed by atoms with Crippen LogP contribution in [0.1, 0.15) is 41.9 Å². The Balaban J connectivity index is 1.35. The molecule has 0 saturated carbocycles. The number of hydrogen-bond donors (Lipinski definition) is 1. The highest BCUT2D eigenvalue weighted by molar-refractivity contribution is 5.82. The zero-order valence-electron chi connectivity index (χ0n) is 18.5. The van der Waals surface area contributed by atoms with Crippen LogP contribution in [-0.4, -0.2) is 51.1 Å². The van der Waals surface area contributed by atoms with Gasteiger partial charge < -0.3 is 15.0 Å². The van der Waals surface area contributed by atoms with Gasteiger partial charge in [0.2, 0.25) is 5.91 Å². The number of carbonyl (C=O) groups is 2. The average Bonchev–Trinajstić information content (AvgIpc) is 3.47. The second-order valence-electron chi connectivity index (χ2n) is 8.06. The van der Waals surface area contributed by atoms with Crippen LogP contribution in [0.15, 0.2) is 42.5 Å². The number of amides is 2. The fraction of sp³-hybridized carbons (Fsp3) is 0.391. The normalized spacial score (nSPS) is 16.1. The van der Waals surface area contributed by atoms with E-state index in [9.17, 15) is 22.8 Å². The lowest BCUT2D eigenvalue weighted by Crippen LogP contribution is -2.39. The summed E-state index contributed by atoms with van der Waals surface area (Å²) < 4.78 is 46.4. The van der Waals surface area contributed by atoms with E-state index >= 15 is 0 Å². The number of benzene rings is 1. The minimum absolute atomic E-state index is 0.0915. The van der Waals surface area contributed by atoms with E-state index < -0.39 is 18.0 Å².